The van der Waals surface area contributed by atoms with Crippen molar-refractivity contribution in [3.05, 3.63) is 46.3 Å². The smallest absolute Gasteiger partial charge is 0.273 e. The van der Waals surface area contributed by atoms with E-state index in [1.165, 1.54) is 14.2 Å². The Balaban J connectivity index is 0.00000481. The molecular weight excluding hydrogens is 542 g/mol. The van der Waals surface area contributed by atoms with E-state index >= 15 is 0 Å². The van der Waals surface area contributed by atoms with Gasteiger partial charge in [-0.25, -0.2) is 4.98 Å². The number of benzene rings is 1. The molecular formula is C26H32BrN5O5. The maximum absolute atomic E-state index is 13.4. The molecule has 10 nitrogen and oxygen atoms in total. The first kappa shape index (κ1) is 29.6. The first-order valence-electron chi connectivity index (χ1n) is 11.5. The number of ketones is 1. The van der Waals surface area contributed by atoms with E-state index in [2.05, 4.69) is 10.3 Å². The Kier molecular flexibility index (Phi) is 9.64. The normalized spacial score (nSPS) is 12.2. The lowest BCUT2D eigenvalue weighted by Gasteiger charge is -2.25. The molecule has 0 atom stereocenters. The lowest BCUT2D eigenvalue weighted by atomic mass is 9.84. The monoisotopic (exact) mass is 573 g/mol. The molecule has 2 N–H and O–H groups in total. The summed E-state index contributed by atoms with van der Waals surface area (Å²) in [6, 6.07) is 6.97. The molecule has 2 heterocycles. The molecule has 37 heavy (non-hydrogen) atoms. The van der Waals surface area contributed by atoms with Crippen molar-refractivity contribution in [1.29, 1.82) is 10.7 Å². The van der Waals surface area contributed by atoms with E-state index in [1.54, 1.807) is 23.1 Å². The van der Waals surface area contributed by atoms with Crippen LogP contribution in [-0.2, 0) is 12.0 Å². The second-order valence-corrected chi connectivity index (χ2v) is 9.23. The summed E-state index contributed by atoms with van der Waals surface area (Å²) in [7, 11) is 3.02. The minimum Gasteiger partial charge on any atom is -0.493 e. The van der Waals surface area contributed by atoms with Crippen LogP contribution < -0.4 is 19.5 Å². The summed E-state index contributed by atoms with van der Waals surface area (Å²) < 4.78 is 16.7. The van der Waals surface area contributed by atoms with Crippen LogP contribution in [0.3, 0.4) is 0 Å². The number of Topliss-reactive ketones (excluding diaryl/α,β-unsaturated/α-hetero) is 1. The number of rotatable bonds is 9. The van der Waals surface area contributed by atoms with Crippen LogP contribution in [0.5, 0.6) is 17.2 Å². The molecule has 0 bridgehead atoms. The molecule has 1 aromatic carbocycles. The number of nitrogens with zero attached hydrogens (tertiary/aromatic N) is 3. The third-order valence-corrected chi connectivity index (χ3v) is 5.73. The van der Waals surface area contributed by atoms with Crippen molar-refractivity contribution in [1.82, 2.24) is 15.2 Å². The minimum atomic E-state index is -0.415. The highest BCUT2D eigenvalue weighted by Crippen LogP contribution is 2.40. The molecule has 0 fully saturated rings. The van der Waals surface area contributed by atoms with Crippen LogP contribution in [0.2, 0.25) is 0 Å². The number of hydrogen-bond acceptors (Lipinski definition) is 8. The van der Waals surface area contributed by atoms with Gasteiger partial charge in [0.15, 0.2) is 35.3 Å². The predicted octanol–water partition coefficient (Wildman–Crippen LogP) is 3.65. The van der Waals surface area contributed by atoms with Gasteiger partial charge < -0.3 is 24.4 Å². The Morgan fingerprint density at radius 1 is 1.22 bits per heavy atom. The summed E-state index contributed by atoms with van der Waals surface area (Å²) in [5.74, 6) is 0.524. The Labute approximate surface area is 227 Å². The van der Waals surface area contributed by atoms with Crippen LogP contribution in [0.15, 0.2) is 18.2 Å². The van der Waals surface area contributed by atoms with Crippen LogP contribution in [0, 0.1) is 16.7 Å². The quantitative estimate of drug-likeness (QED) is 0.433. The minimum absolute atomic E-state index is 0. The first-order valence-corrected chi connectivity index (χ1v) is 11.5. The van der Waals surface area contributed by atoms with E-state index in [0.717, 1.165) is 5.56 Å². The Hall–Kier alpha value is -3.65. The fourth-order valence-corrected chi connectivity index (χ4v) is 3.99. The highest BCUT2D eigenvalue weighted by Gasteiger charge is 2.32. The molecule has 0 aliphatic carbocycles. The zero-order chi connectivity index (χ0) is 26.6. The van der Waals surface area contributed by atoms with Crippen LogP contribution in [-0.4, -0.2) is 61.3 Å². The number of hydrogen-bond donors (Lipinski definition) is 2. The summed E-state index contributed by atoms with van der Waals surface area (Å²) in [5.41, 5.74) is 1.92. The average Bonchev–Trinajstić information content (AvgIpc) is 3.14. The highest BCUT2D eigenvalue weighted by molar-refractivity contribution is 8.93. The van der Waals surface area contributed by atoms with E-state index in [1.807, 2.05) is 33.8 Å². The number of pyridine rings is 1. The Bertz CT molecular complexity index is 1250. The van der Waals surface area contributed by atoms with Crippen molar-refractivity contribution in [3.63, 3.8) is 0 Å². The van der Waals surface area contributed by atoms with E-state index in [-0.39, 0.29) is 59.4 Å². The zero-order valence-electron chi connectivity index (χ0n) is 21.9. The van der Waals surface area contributed by atoms with Crippen molar-refractivity contribution in [2.45, 2.75) is 39.7 Å². The molecule has 0 saturated carbocycles. The van der Waals surface area contributed by atoms with Crippen LogP contribution in [0.25, 0.3) is 0 Å². The number of fused-ring (bicyclic) bond motifs is 1. The molecule has 1 aromatic heterocycles. The van der Waals surface area contributed by atoms with Gasteiger partial charge in [-0.3, -0.25) is 15.0 Å². The topological polar surface area (TPSA) is 138 Å². The maximum Gasteiger partial charge on any atom is 0.273 e. The van der Waals surface area contributed by atoms with Gasteiger partial charge in [-0.2, -0.15) is 5.26 Å². The first-order chi connectivity index (χ1) is 17.0. The van der Waals surface area contributed by atoms with Crippen molar-refractivity contribution in [2.75, 3.05) is 33.9 Å². The molecule has 0 radical (unpaired) electrons. The van der Waals surface area contributed by atoms with Crippen molar-refractivity contribution in [2.24, 2.45) is 0 Å². The number of nitriles is 1. The molecule has 2 aromatic rings. The van der Waals surface area contributed by atoms with E-state index in [9.17, 15) is 9.59 Å². The third-order valence-electron chi connectivity index (χ3n) is 5.73. The average molecular weight is 574 g/mol. The van der Waals surface area contributed by atoms with Crippen molar-refractivity contribution < 1.29 is 23.8 Å². The number of aromatic nitrogens is 1. The summed E-state index contributed by atoms with van der Waals surface area (Å²) in [6.45, 7) is 8.15. The van der Waals surface area contributed by atoms with Crippen molar-refractivity contribution >= 4 is 34.5 Å². The predicted molar refractivity (Wildman–Crippen MR) is 143 cm³/mol. The summed E-state index contributed by atoms with van der Waals surface area (Å²) in [5, 5.41) is 20.1. The number of nitrogens with one attached hydrogen (secondary N) is 2. The third kappa shape index (κ3) is 6.20. The van der Waals surface area contributed by atoms with Gasteiger partial charge in [0.25, 0.3) is 5.91 Å². The number of amidine groups is 1. The zero-order valence-corrected chi connectivity index (χ0v) is 23.6. The molecule has 0 spiro atoms. The van der Waals surface area contributed by atoms with Gasteiger partial charge in [-0.05, 0) is 30.5 Å². The molecule has 0 saturated heterocycles. The second-order valence-electron chi connectivity index (χ2n) is 9.23. The van der Waals surface area contributed by atoms with Gasteiger partial charge in [0.1, 0.15) is 17.6 Å². The number of carbonyl (C=O) groups is 2. The lowest BCUT2D eigenvalue weighted by molar-refractivity contribution is 0.0949. The van der Waals surface area contributed by atoms with Crippen LogP contribution >= 0.6 is 17.0 Å². The number of amides is 1. The highest BCUT2D eigenvalue weighted by atomic mass is 79.9. The van der Waals surface area contributed by atoms with Gasteiger partial charge in [0.2, 0.25) is 0 Å². The van der Waals surface area contributed by atoms with Gasteiger partial charge in [-0.15, -0.1) is 17.0 Å². The SMILES string of the molecule is Br.CCOc1cc2c(nc1C(=O)NC)C(=N)N(CC(=O)c1cc(OCC#N)c(OC)c(C(C)(C)C)c1)C2. The largest absolute Gasteiger partial charge is 0.493 e. The molecule has 198 valence electrons. The van der Waals surface area contributed by atoms with Gasteiger partial charge in [0.05, 0.1) is 20.3 Å². The van der Waals surface area contributed by atoms with Crippen LogP contribution in [0.4, 0.5) is 0 Å². The van der Waals surface area contributed by atoms with E-state index in [0.29, 0.717) is 40.7 Å². The number of methoxy groups -OCH3 is 1. The molecule has 0 unspecified atom stereocenters. The second kappa shape index (κ2) is 12.1. The van der Waals surface area contributed by atoms with Gasteiger partial charge in [0, 0.05) is 30.3 Å². The van der Waals surface area contributed by atoms with Gasteiger partial charge >= 0.3 is 0 Å². The number of halogens is 1. The number of ether oxygens (including phenoxy) is 3. The molecule has 1 amide bonds. The fourth-order valence-electron chi connectivity index (χ4n) is 3.99. The maximum atomic E-state index is 13.4. The van der Waals surface area contributed by atoms with E-state index < -0.39 is 5.91 Å². The Morgan fingerprint density at radius 3 is 2.49 bits per heavy atom. The molecule has 1 aliphatic rings. The molecule has 3 rings (SSSR count). The molecule has 1 aliphatic heterocycles. The summed E-state index contributed by atoms with van der Waals surface area (Å²) in [6.07, 6.45) is 0. The number of carbonyl (C=O) groups excluding carboxylic acids is 2. The summed E-state index contributed by atoms with van der Waals surface area (Å²) >= 11 is 0. The standard InChI is InChI=1S/C26H31N5O5.BrH/c1-7-35-19-12-16-13-31(24(28)21(16)30-22(19)25(33)29-5)14-18(32)15-10-17(26(2,3)4)23(34-6)20(11-15)36-9-8-27;/h10-12,28H,7,9,13-14H2,1-6H3,(H,29,33);1H. The van der Waals surface area contributed by atoms with Gasteiger partial charge in [-0.1, -0.05) is 20.8 Å². The summed E-state index contributed by atoms with van der Waals surface area (Å²) in [4.78, 5) is 31.7. The van der Waals surface area contributed by atoms with Crippen molar-refractivity contribution in [3.8, 4) is 23.3 Å². The Morgan fingerprint density at radius 2 is 1.92 bits per heavy atom. The van der Waals surface area contributed by atoms with Crippen LogP contribution in [0.1, 0.15) is 65.4 Å². The lowest BCUT2D eigenvalue weighted by Crippen LogP contribution is -2.31. The van der Waals surface area contributed by atoms with E-state index in [4.69, 9.17) is 24.9 Å². The fraction of sp³-hybridized carbons (Fsp3) is 0.423. The molecule has 11 heteroatoms.